The Hall–Kier alpha value is -2.52. The molecular formula is C26H23BrN2. The number of aryl methyl sites for hydroxylation is 1. The summed E-state index contributed by atoms with van der Waals surface area (Å²) in [5.41, 5.74) is 6.71. The molecule has 3 aromatic carbocycles. The summed E-state index contributed by atoms with van der Waals surface area (Å²) in [4.78, 5) is 0. The third-order valence-corrected chi connectivity index (χ3v) is 7.48. The van der Waals surface area contributed by atoms with Crippen molar-refractivity contribution >= 4 is 43.4 Å². The summed E-state index contributed by atoms with van der Waals surface area (Å²) in [5, 5.41) is 6.61. The lowest BCUT2D eigenvalue weighted by Crippen LogP contribution is -2.29. The van der Waals surface area contributed by atoms with E-state index in [2.05, 4.69) is 106 Å². The number of nitrogens with zero attached hydrogens (tertiary/aromatic N) is 1. The molecule has 0 saturated heterocycles. The van der Waals surface area contributed by atoms with Gasteiger partial charge in [0.25, 0.3) is 0 Å². The van der Waals surface area contributed by atoms with Crippen molar-refractivity contribution in [3.63, 3.8) is 0 Å². The van der Waals surface area contributed by atoms with E-state index in [4.69, 9.17) is 0 Å². The van der Waals surface area contributed by atoms with Crippen molar-refractivity contribution in [3.8, 4) is 0 Å². The SMILES string of the molecule is CCn1c2ccccc2c2cc(C3Nc4c(Br)cccc4C4C=CCC43)ccc21. The molecule has 0 fully saturated rings. The predicted octanol–water partition coefficient (Wildman–Crippen LogP) is 7.40. The molecule has 2 aliphatic rings. The smallest absolute Gasteiger partial charge is 0.0554 e. The Morgan fingerprint density at radius 2 is 1.86 bits per heavy atom. The summed E-state index contributed by atoms with van der Waals surface area (Å²) in [6.45, 7) is 3.21. The Kier molecular flexibility index (Phi) is 3.89. The summed E-state index contributed by atoms with van der Waals surface area (Å²) in [5.74, 6) is 1.05. The second-order valence-corrected chi connectivity index (χ2v) is 9.07. The van der Waals surface area contributed by atoms with Gasteiger partial charge in [0, 0.05) is 38.7 Å². The molecule has 2 nitrogen and oxygen atoms in total. The van der Waals surface area contributed by atoms with Crippen LogP contribution in [0.2, 0.25) is 0 Å². The zero-order valence-electron chi connectivity index (χ0n) is 16.4. The summed E-state index contributed by atoms with van der Waals surface area (Å²) in [6, 6.07) is 22.8. The van der Waals surface area contributed by atoms with Gasteiger partial charge in [0.05, 0.1) is 11.7 Å². The minimum Gasteiger partial charge on any atom is -0.377 e. The standard InChI is InChI=1S/C26H23BrN2/c1-2-29-23-12-4-3-7-18(23)21-15-16(13-14-24(21)29)25-19-9-5-8-17(19)20-10-6-11-22(27)26(20)28-25/h3-8,10-15,17,19,25,28H,2,9H2,1H3. The van der Waals surface area contributed by atoms with E-state index >= 15 is 0 Å². The fraction of sp³-hybridized carbons (Fsp3) is 0.231. The van der Waals surface area contributed by atoms with Crippen LogP contribution in [-0.4, -0.2) is 4.57 Å². The highest BCUT2D eigenvalue weighted by Gasteiger charge is 2.38. The number of hydrogen-bond donors (Lipinski definition) is 1. The van der Waals surface area contributed by atoms with Gasteiger partial charge in [-0.15, -0.1) is 0 Å². The minimum atomic E-state index is 0.314. The Bertz CT molecular complexity index is 1280. The van der Waals surface area contributed by atoms with Gasteiger partial charge in [-0.3, -0.25) is 0 Å². The lowest BCUT2D eigenvalue weighted by Gasteiger charge is -2.38. The number of hydrogen-bond acceptors (Lipinski definition) is 1. The highest BCUT2D eigenvalue weighted by molar-refractivity contribution is 9.10. The zero-order valence-corrected chi connectivity index (χ0v) is 18.0. The number of fused-ring (bicyclic) bond motifs is 6. The van der Waals surface area contributed by atoms with E-state index in [1.165, 1.54) is 38.6 Å². The molecule has 0 spiro atoms. The van der Waals surface area contributed by atoms with Crippen molar-refractivity contribution in [1.29, 1.82) is 0 Å². The normalized spacial score (nSPS) is 22.6. The number of rotatable bonds is 2. The number of anilines is 1. The number of para-hydroxylation sites is 2. The maximum Gasteiger partial charge on any atom is 0.0554 e. The van der Waals surface area contributed by atoms with Gasteiger partial charge in [-0.05, 0) is 70.6 Å². The van der Waals surface area contributed by atoms with Crippen LogP contribution in [0.3, 0.4) is 0 Å². The van der Waals surface area contributed by atoms with Crippen LogP contribution in [-0.2, 0) is 6.54 Å². The average molecular weight is 443 g/mol. The lowest BCUT2D eigenvalue weighted by molar-refractivity contribution is 0.425. The van der Waals surface area contributed by atoms with Gasteiger partial charge in [0.15, 0.2) is 0 Å². The topological polar surface area (TPSA) is 17.0 Å². The molecule has 3 atom stereocenters. The van der Waals surface area contributed by atoms with Gasteiger partial charge in [0.2, 0.25) is 0 Å². The van der Waals surface area contributed by atoms with Crippen LogP contribution in [0.4, 0.5) is 5.69 Å². The third kappa shape index (κ3) is 2.47. The van der Waals surface area contributed by atoms with E-state index in [9.17, 15) is 0 Å². The molecule has 1 N–H and O–H groups in total. The largest absolute Gasteiger partial charge is 0.377 e. The van der Waals surface area contributed by atoms with Crippen molar-refractivity contribution < 1.29 is 0 Å². The summed E-state index contributed by atoms with van der Waals surface area (Å²) in [7, 11) is 0. The molecule has 4 aromatic rings. The van der Waals surface area contributed by atoms with E-state index in [1.54, 1.807) is 0 Å². The van der Waals surface area contributed by atoms with Gasteiger partial charge in [-0.25, -0.2) is 0 Å². The maximum absolute atomic E-state index is 3.89. The Morgan fingerprint density at radius 1 is 1.00 bits per heavy atom. The fourth-order valence-electron chi connectivity index (χ4n) is 5.52. The highest BCUT2D eigenvalue weighted by Crippen LogP contribution is 2.51. The van der Waals surface area contributed by atoms with Crippen molar-refractivity contribution in [2.45, 2.75) is 31.8 Å². The van der Waals surface area contributed by atoms with Crippen LogP contribution in [0, 0.1) is 5.92 Å². The van der Waals surface area contributed by atoms with E-state index in [-0.39, 0.29) is 0 Å². The maximum atomic E-state index is 3.89. The third-order valence-electron chi connectivity index (χ3n) is 6.82. The van der Waals surface area contributed by atoms with Crippen molar-refractivity contribution in [2.24, 2.45) is 5.92 Å². The second-order valence-electron chi connectivity index (χ2n) is 8.22. The zero-order chi connectivity index (χ0) is 19.5. The monoisotopic (exact) mass is 442 g/mol. The first-order valence-electron chi connectivity index (χ1n) is 10.5. The first kappa shape index (κ1) is 17.3. The van der Waals surface area contributed by atoms with Crippen LogP contribution >= 0.6 is 15.9 Å². The average Bonchev–Trinajstić information content (AvgIpc) is 3.36. The molecule has 1 aliphatic heterocycles. The first-order valence-corrected chi connectivity index (χ1v) is 11.3. The molecule has 6 rings (SSSR count). The fourth-order valence-corrected chi connectivity index (χ4v) is 6.01. The molecule has 144 valence electrons. The molecule has 0 amide bonds. The quantitative estimate of drug-likeness (QED) is 0.319. The summed E-state index contributed by atoms with van der Waals surface area (Å²) >= 11 is 3.77. The predicted molar refractivity (Wildman–Crippen MR) is 126 cm³/mol. The molecule has 0 saturated carbocycles. The van der Waals surface area contributed by atoms with Crippen molar-refractivity contribution in [2.75, 3.05) is 5.32 Å². The molecule has 3 unspecified atom stereocenters. The van der Waals surface area contributed by atoms with Crippen LogP contribution < -0.4 is 5.32 Å². The number of halogens is 1. The van der Waals surface area contributed by atoms with Crippen molar-refractivity contribution in [3.05, 3.63) is 88.4 Å². The van der Waals surface area contributed by atoms with Crippen LogP contribution in [0.1, 0.15) is 36.4 Å². The molecule has 3 heteroatoms. The first-order chi connectivity index (χ1) is 14.3. The summed E-state index contributed by atoms with van der Waals surface area (Å²) < 4.78 is 3.58. The number of aromatic nitrogens is 1. The Balaban J connectivity index is 1.53. The van der Waals surface area contributed by atoms with Gasteiger partial charge < -0.3 is 9.88 Å². The number of benzene rings is 3. The molecule has 2 heterocycles. The Labute approximate surface area is 179 Å². The highest BCUT2D eigenvalue weighted by atomic mass is 79.9. The summed E-state index contributed by atoms with van der Waals surface area (Å²) in [6.07, 6.45) is 5.90. The van der Waals surface area contributed by atoms with E-state index in [0.29, 0.717) is 17.9 Å². The Morgan fingerprint density at radius 3 is 2.76 bits per heavy atom. The second kappa shape index (κ2) is 6.50. The van der Waals surface area contributed by atoms with E-state index in [0.717, 1.165) is 17.4 Å². The molecule has 0 radical (unpaired) electrons. The van der Waals surface area contributed by atoms with Crippen LogP contribution in [0.25, 0.3) is 21.8 Å². The van der Waals surface area contributed by atoms with Gasteiger partial charge in [0.1, 0.15) is 0 Å². The molecule has 1 aromatic heterocycles. The molecule has 29 heavy (non-hydrogen) atoms. The van der Waals surface area contributed by atoms with E-state index in [1.807, 2.05) is 0 Å². The van der Waals surface area contributed by atoms with Crippen LogP contribution in [0.5, 0.6) is 0 Å². The van der Waals surface area contributed by atoms with Crippen molar-refractivity contribution in [1.82, 2.24) is 4.57 Å². The van der Waals surface area contributed by atoms with E-state index < -0.39 is 0 Å². The lowest BCUT2D eigenvalue weighted by atomic mass is 9.77. The van der Waals surface area contributed by atoms with Gasteiger partial charge in [-0.1, -0.05) is 48.6 Å². The molecule has 1 aliphatic carbocycles. The van der Waals surface area contributed by atoms with Crippen LogP contribution in [0.15, 0.2) is 77.3 Å². The minimum absolute atomic E-state index is 0.314. The van der Waals surface area contributed by atoms with Gasteiger partial charge in [-0.2, -0.15) is 0 Å². The molecule has 0 bridgehead atoms. The molecular weight excluding hydrogens is 420 g/mol. The van der Waals surface area contributed by atoms with Gasteiger partial charge >= 0.3 is 0 Å². The number of allylic oxidation sites excluding steroid dienone is 2. The number of nitrogens with one attached hydrogen (secondary N) is 1.